The lowest BCUT2D eigenvalue weighted by molar-refractivity contribution is 0.284. The van der Waals surface area contributed by atoms with E-state index in [0.717, 1.165) is 28.5 Å². The average Bonchev–Trinajstić information content (AvgIpc) is 2.98. The van der Waals surface area contributed by atoms with Gasteiger partial charge in [-0.3, -0.25) is 4.57 Å². The maximum absolute atomic E-state index is 6.21. The van der Waals surface area contributed by atoms with E-state index in [9.17, 15) is 0 Å². The van der Waals surface area contributed by atoms with Crippen molar-refractivity contribution in [3.8, 4) is 11.6 Å². The maximum Gasteiger partial charge on any atom is 0.227 e. The molecule has 0 bridgehead atoms. The Balaban J connectivity index is 1.92. The third kappa shape index (κ3) is 4.15. The molecule has 2 heterocycles. The van der Waals surface area contributed by atoms with Gasteiger partial charge in [0.15, 0.2) is 5.65 Å². The van der Waals surface area contributed by atoms with Crippen LogP contribution < -0.4 is 10.1 Å². The van der Waals surface area contributed by atoms with Crippen LogP contribution in [0.2, 0.25) is 0 Å². The van der Waals surface area contributed by atoms with E-state index < -0.39 is 0 Å². The molecular weight excluding hydrogens is 384 g/mol. The van der Waals surface area contributed by atoms with Crippen LogP contribution in [0.4, 0.5) is 0 Å². The Kier molecular flexibility index (Phi) is 5.48. The topological polar surface area (TPSA) is 52.0 Å². The molecule has 0 aliphatic carbocycles. The van der Waals surface area contributed by atoms with Crippen molar-refractivity contribution in [1.82, 2.24) is 19.9 Å². The number of benzene rings is 2. The third-order valence-electron chi connectivity index (χ3n) is 5.45. The predicted octanol–water partition coefficient (Wildman–Crippen LogP) is 5.57. The van der Waals surface area contributed by atoms with Gasteiger partial charge in [0.2, 0.25) is 5.88 Å². The highest BCUT2D eigenvalue weighted by Crippen LogP contribution is 2.37. The minimum absolute atomic E-state index is 0.0524. The highest BCUT2D eigenvalue weighted by molar-refractivity contribution is 6.10. The number of nitrogens with one attached hydrogen (secondary N) is 1. The molecule has 4 rings (SSSR count). The zero-order valence-electron chi connectivity index (χ0n) is 19.6. The van der Waals surface area contributed by atoms with Crippen LogP contribution in [0.3, 0.4) is 0 Å². The maximum atomic E-state index is 6.21. The SMILES string of the molecule is Cc1cc(C)c(-n2c3ccccc3c3c(OCCNC(C)(C)C)nc(C)nc32)c(C)c1. The molecule has 5 heteroatoms. The van der Waals surface area contributed by atoms with Crippen molar-refractivity contribution < 1.29 is 4.74 Å². The van der Waals surface area contributed by atoms with E-state index in [4.69, 9.17) is 9.72 Å². The van der Waals surface area contributed by atoms with Gasteiger partial charge in [0, 0.05) is 17.5 Å². The smallest absolute Gasteiger partial charge is 0.227 e. The molecule has 0 spiro atoms. The Morgan fingerprint density at radius 2 is 1.65 bits per heavy atom. The van der Waals surface area contributed by atoms with E-state index in [0.29, 0.717) is 18.3 Å². The normalized spacial score (nSPS) is 12.1. The number of aryl methyl sites for hydroxylation is 4. The van der Waals surface area contributed by atoms with Crippen molar-refractivity contribution in [3.05, 3.63) is 58.9 Å². The minimum Gasteiger partial charge on any atom is -0.476 e. The predicted molar refractivity (Wildman–Crippen MR) is 129 cm³/mol. The summed E-state index contributed by atoms with van der Waals surface area (Å²) in [6, 6.07) is 12.9. The quantitative estimate of drug-likeness (QED) is 0.432. The molecule has 0 saturated carbocycles. The van der Waals surface area contributed by atoms with Crippen molar-refractivity contribution in [2.45, 2.75) is 54.0 Å². The lowest BCUT2D eigenvalue weighted by atomic mass is 10.0. The monoisotopic (exact) mass is 416 g/mol. The van der Waals surface area contributed by atoms with Crippen molar-refractivity contribution in [1.29, 1.82) is 0 Å². The van der Waals surface area contributed by atoms with E-state index in [-0.39, 0.29) is 5.54 Å². The summed E-state index contributed by atoms with van der Waals surface area (Å²) in [5.74, 6) is 1.35. The van der Waals surface area contributed by atoms with E-state index >= 15 is 0 Å². The summed E-state index contributed by atoms with van der Waals surface area (Å²) in [6.45, 7) is 16.2. The number of hydrogen-bond donors (Lipinski definition) is 1. The Labute approximate surface area is 184 Å². The van der Waals surface area contributed by atoms with Gasteiger partial charge >= 0.3 is 0 Å². The van der Waals surface area contributed by atoms with Crippen molar-refractivity contribution in [2.24, 2.45) is 0 Å². The zero-order chi connectivity index (χ0) is 22.3. The van der Waals surface area contributed by atoms with E-state index in [1.807, 2.05) is 6.92 Å². The molecule has 0 unspecified atom stereocenters. The lowest BCUT2D eigenvalue weighted by Crippen LogP contribution is -2.38. The van der Waals surface area contributed by atoms with Crippen LogP contribution in [0, 0.1) is 27.7 Å². The molecule has 0 fully saturated rings. The number of rotatable bonds is 5. The van der Waals surface area contributed by atoms with Gasteiger partial charge < -0.3 is 10.1 Å². The second kappa shape index (κ2) is 7.97. The summed E-state index contributed by atoms with van der Waals surface area (Å²) in [5, 5.41) is 5.55. The summed E-state index contributed by atoms with van der Waals surface area (Å²) in [7, 11) is 0. The summed E-state index contributed by atoms with van der Waals surface area (Å²) >= 11 is 0. The van der Waals surface area contributed by atoms with Gasteiger partial charge in [-0.05, 0) is 65.7 Å². The van der Waals surface area contributed by atoms with Crippen molar-refractivity contribution in [2.75, 3.05) is 13.2 Å². The fraction of sp³-hybridized carbons (Fsp3) is 0.385. The summed E-state index contributed by atoms with van der Waals surface area (Å²) in [4.78, 5) is 9.56. The number of fused-ring (bicyclic) bond motifs is 3. The van der Waals surface area contributed by atoms with Crippen LogP contribution in [0.5, 0.6) is 5.88 Å². The van der Waals surface area contributed by atoms with Gasteiger partial charge in [-0.25, -0.2) is 4.98 Å². The highest BCUT2D eigenvalue weighted by Gasteiger charge is 2.21. The molecule has 0 radical (unpaired) electrons. The molecule has 31 heavy (non-hydrogen) atoms. The second-order valence-electron chi connectivity index (χ2n) is 9.40. The van der Waals surface area contributed by atoms with E-state index in [2.05, 4.69) is 92.8 Å². The molecule has 0 aliphatic heterocycles. The summed E-state index contributed by atoms with van der Waals surface area (Å²) < 4.78 is 8.47. The Hall–Kier alpha value is -2.92. The van der Waals surface area contributed by atoms with E-state index in [1.165, 1.54) is 22.4 Å². The van der Waals surface area contributed by atoms with Gasteiger partial charge in [-0.15, -0.1) is 0 Å². The first-order valence-corrected chi connectivity index (χ1v) is 10.9. The third-order valence-corrected chi connectivity index (χ3v) is 5.45. The minimum atomic E-state index is 0.0524. The van der Waals surface area contributed by atoms with Gasteiger partial charge in [0.25, 0.3) is 0 Å². The molecular formula is C26H32N4O. The Morgan fingerprint density at radius 3 is 2.32 bits per heavy atom. The number of ether oxygens (including phenoxy) is 1. The van der Waals surface area contributed by atoms with Crippen molar-refractivity contribution in [3.63, 3.8) is 0 Å². The van der Waals surface area contributed by atoms with Crippen LogP contribution in [-0.4, -0.2) is 33.2 Å². The van der Waals surface area contributed by atoms with Gasteiger partial charge in [0.1, 0.15) is 12.4 Å². The highest BCUT2D eigenvalue weighted by atomic mass is 16.5. The van der Waals surface area contributed by atoms with Gasteiger partial charge in [-0.1, -0.05) is 35.9 Å². The molecule has 162 valence electrons. The zero-order valence-corrected chi connectivity index (χ0v) is 19.6. The fourth-order valence-corrected chi connectivity index (χ4v) is 4.35. The van der Waals surface area contributed by atoms with E-state index in [1.54, 1.807) is 0 Å². The van der Waals surface area contributed by atoms with Crippen molar-refractivity contribution >= 4 is 21.9 Å². The molecule has 2 aromatic heterocycles. The Morgan fingerprint density at radius 1 is 0.968 bits per heavy atom. The summed E-state index contributed by atoms with van der Waals surface area (Å²) in [5.41, 5.74) is 6.96. The fourth-order valence-electron chi connectivity index (χ4n) is 4.35. The van der Waals surface area contributed by atoms with Crippen LogP contribution in [0.15, 0.2) is 36.4 Å². The average molecular weight is 417 g/mol. The van der Waals surface area contributed by atoms with Crippen LogP contribution in [0.1, 0.15) is 43.3 Å². The molecule has 0 amide bonds. The number of nitrogens with zero attached hydrogens (tertiary/aromatic N) is 3. The first-order chi connectivity index (χ1) is 14.7. The molecule has 2 aromatic carbocycles. The lowest BCUT2D eigenvalue weighted by Gasteiger charge is -2.20. The summed E-state index contributed by atoms with van der Waals surface area (Å²) in [6.07, 6.45) is 0. The standard InChI is InChI=1S/C26H32N4O/c1-16-14-17(2)23(18(3)15-16)30-21-11-9-8-10-20(21)22-24(30)28-19(4)29-25(22)31-13-12-27-26(5,6)7/h8-11,14-15,27H,12-13H2,1-7H3. The number of para-hydroxylation sites is 1. The second-order valence-corrected chi connectivity index (χ2v) is 9.40. The van der Waals surface area contributed by atoms with Gasteiger partial charge in [0.05, 0.1) is 16.6 Å². The molecule has 5 nitrogen and oxygen atoms in total. The molecule has 0 saturated heterocycles. The molecule has 4 aromatic rings. The number of hydrogen-bond acceptors (Lipinski definition) is 4. The molecule has 0 atom stereocenters. The number of aromatic nitrogens is 3. The first-order valence-electron chi connectivity index (χ1n) is 10.9. The molecule has 0 aliphatic rings. The molecule has 1 N–H and O–H groups in total. The largest absolute Gasteiger partial charge is 0.476 e. The van der Waals surface area contributed by atoms with Crippen LogP contribution in [-0.2, 0) is 0 Å². The Bertz CT molecular complexity index is 1240. The first kappa shape index (κ1) is 21.3. The van der Waals surface area contributed by atoms with Crippen LogP contribution >= 0.6 is 0 Å². The van der Waals surface area contributed by atoms with Gasteiger partial charge in [-0.2, -0.15) is 4.98 Å². The van der Waals surface area contributed by atoms with Crippen LogP contribution in [0.25, 0.3) is 27.6 Å².